The lowest BCUT2D eigenvalue weighted by Gasteiger charge is -2.04. The van der Waals surface area contributed by atoms with E-state index >= 15 is 0 Å². The number of phenols is 1. The molecular formula is C16H14O3. The molecule has 3 heteroatoms. The van der Waals surface area contributed by atoms with E-state index in [1.807, 2.05) is 31.2 Å². The molecule has 0 aliphatic carbocycles. The van der Waals surface area contributed by atoms with Gasteiger partial charge in [-0.1, -0.05) is 42.0 Å². The molecule has 0 atom stereocenters. The second-order valence-corrected chi connectivity index (χ2v) is 4.32. The maximum absolute atomic E-state index is 11.3. The third-order valence-electron chi connectivity index (χ3n) is 2.80. The highest BCUT2D eigenvalue weighted by molar-refractivity contribution is 6.20. The number of phenolic OH excluding ortho intramolecular Hbond substituents is 1. The van der Waals surface area contributed by atoms with Crippen LogP contribution in [0.2, 0.25) is 0 Å². The molecule has 2 aromatic rings. The SMILES string of the molecule is Cc1ccc(/C=C(\C(=O)O)c2ccc(O)cc2)cc1. The molecule has 0 fully saturated rings. The van der Waals surface area contributed by atoms with Gasteiger partial charge >= 0.3 is 5.97 Å². The van der Waals surface area contributed by atoms with E-state index in [0.29, 0.717) is 5.56 Å². The van der Waals surface area contributed by atoms with Gasteiger partial charge in [-0.2, -0.15) is 0 Å². The Morgan fingerprint density at radius 3 is 2.11 bits per heavy atom. The average Bonchev–Trinajstić information content (AvgIpc) is 2.39. The lowest BCUT2D eigenvalue weighted by atomic mass is 10.0. The van der Waals surface area contributed by atoms with Crippen molar-refractivity contribution in [1.82, 2.24) is 0 Å². The zero-order valence-corrected chi connectivity index (χ0v) is 10.5. The molecule has 0 spiro atoms. The van der Waals surface area contributed by atoms with Gasteiger partial charge in [0.1, 0.15) is 5.75 Å². The molecule has 0 saturated heterocycles. The molecule has 0 amide bonds. The van der Waals surface area contributed by atoms with Crippen LogP contribution in [0.25, 0.3) is 11.6 Å². The second-order valence-electron chi connectivity index (χ2n) is 4.32. The number of aliphatic carboxylic acids is 1. The summed E-state index contributed by atoms with van der Waals surface area (Å²) >= 11 is 0. The van der Waals surface area contributed by atoms with Crippen molar-refractivity contribution < 1.29 is 15.0 Å². The van der Waals surface area contributed by atoms with Gasteiger partial charge in [0.15, 0.2) is 0 Å². The highest BCUT2D eigenvalue weighted by atomic mass is 16.4. The molecule has 96 valence electrons. The van der Waals surface area contributed by atoms with Crippen LogP contribution < -0.4 is 0 Å². The molecule has 0 unspecified atom stereocenters. The van der Waals surface area contributed by atoms with Crippen molar-refractivity contribution in [3.63, 3.8) is 0 Å². The Morgan fingerprint density at radius 1 is 1.00 bits per heavy atom. The van der Waals surface area contributed by atoms with Gasteiger partial charge in [-0.15, -0.1) is 0 Å². The first-order chi connectivity index (χ1) is 9.06. The molecule has 0 radical (unpaired) electrons. The van der Waals surface area contributed by atoms with Crippen molar-refractivity contribution in [2.24, 2.45) is 0 Å². The summed E-state index contributed by atoms with van der Waals surface area (Å²) in [6.45, 7) is 1.98. The minimum atomic E-state index is -0.994. The first kappa shape index (κ1) is 12.9. The van der Waals surface area contributed by atoms with Gasteiger partial charge < -0.3 is 10.2 Å². The summed E-state index contributed by atoms with van der Waals surface area (Å²) in [6.07, 6.45) is 1.62. The summed E-state index contributed by atoms with van der Waals surface area (Å²) < 4.78 is 0. The molecular weight excluding hydrogens is 240 g/mol. The minimum absolute atomic E-state index is 0.115. The van der Waals surface area contributed by atoms with Crippen molar-refractivity contribution in [3.8, 4) is 5.75 Å². The number of carboxylic acid groups (broad SMARTS) is 1. The quantitative estimate of drug-likeness (QED) is 0.652. The molecule has 3 nitrogen and oxygen atoms in total. The van der Waals surface area contributed by atoms with Gasteiger partial charge in [0.05, 0.1) is 5.57 Å². The van der Waals surface area contributed by atoms with Crippen molar-refractivity contribution in [2.75, 3.05) is 0 Å². The third kappa shape index (κ3) is 3.22. The van der Waals surface area contributed by atoms with Crippen molar-refractivity contribution in [3.05, 3.63) is 65.2 Å². The zero-order valence-electron chi connectivity index (χ0n) is 10.5. The predicted octanol–water partition coefficient (Wildman–Crippen LogP) is 3.33. The molecule has 19 heavy (non-hydrogen) atoms. The van der Waals surface area contributed by atoms with Crippen molar-refractivity contribution in [1.29, 1.82) is 0 Å². The lowest BCUT2D eigenvalue weighted by Crippen LogP contribution is -1.99. The third-order valence-corrected chi connectivity index (χ3v) is 2.80. The Bertz CT molecular complexity index is 607. The fraction of sp³-hybridized carbons (Fsp3) is 0.0625. The number of rotatable bonds is 3. The lowest BCUT2D eigenvalue weighted by molar-refractivity contribution is -0.130. The molecule has 0 heterocycles. The standard InChI is InChI=1S/C16H14O3/c1-11-2-4-12(5-3-11)10-15(16(18)19)13-6-8-14(17)9-7-13/h2-10,17H,1H3,(H,18,19)/b15-10-. The van der Waals surface area contributed by atoms with E-state index in [9.17, 15) is 15.0 Å². The van der Waals surface area contributed by atoms with Gasteiger partial charge in [0, 0.05) is 0 Å². The van der Waals surface area contributed by atoms with Crippen LogP contribution in [0, 0.1) is 6.92 Å². The Balaban J connectivity index is 2.43. The van der Waals surface area contributed by atoms with Crippen LogP contribution in [0.1, 0.15) is 16.7 Å². The number of benzene rings is 2. The van der Waals surface area contributed by atoms with E-state index in [-0.39, 0.29) is 11.3 Å². The number of hydrogen-bond acceptors (Lipinski definition) is 2. The Hall–Kier alpha value is -2.55. The first-order valence-electron chi connectivity index (χ1n) is 5.87. The van der Waals surface area contributed by atoms with Crippen LogP contribution in [0.5, 0.6) is 5.75 Å². The normalized spacial score (nSPS) is 11.3. The number of aromatic hydroxyl groups is 1. The summed E-state index contributed by atoms with van der Waals surface area (Å²) in [7, 11) is 0. The van der Waals surface area contributed by atoms with Crippen molar-refractivity contribution in [2.45, 2.75) is 6.92 Å². The van der Waals surface area contributed by atoms with Gasteiger partial charge in [-0.05, 0) is 36.3 Å². The summed E-state index contributed by atoms with van der Waals surface area (Å²) in [6, 6.07) is 13.7. The smallest absolute Gasteiger partial charge is 0.336 e. The van der Waals surface area contributed by atoms with E-state index in [1.54, 1.807) is 18.2 Å². The highest BCUT2D eigenvalue weighted by Gasteiger charge is 2.10. The summed E-state index contributed by atoms with van der Waals surface area (Å²) in [5, 5.41) is 18.5. The molecule has 0 aromatic heterocycles. The molecule has 0 saturated carbocycles. The predicted molar refractivity (Wildman–Crippen MR) is 74.8 cm³/mol. The van der Waals surface area contributed by atoms with Gasteiger partial charge in [0.2, 0.25) is 0 Å². The van der Waals surface area contributed by atoms with Crippen LogP contribution in [-0.4, -0.2) is 16.2 Å². The molecule has 2 N–H and O–H groups in total. The highest BCUT2D eigenvalue weighted by Crippen LogP contribution is 2.21. The monoisotopic (exact) mass is 254 g/mol. The summed E-state index contributed by atoms with van der Waals surface area (Å²) in [5.74, 6) is -0.880. The number of hydrogen-bond donors (Lipinski definition) is 2. The molecule has 2 rings (SSSR count). The van der Waals surface area contributed by atoms with E-state index < -0.39 is 5.97 Å². The molecule has 2 aromatic carbocycles. The fourth-order valence-electron chi connectivity index (χ4n) is 1.74. The topological polar surface area (TPSA) is 57.5 Å². The maximum Gasteiger partial charge on any atom is 0.336 e. The van der Waals surface area contributed by atoms with E-state index in [0.717, 1.165) is 11.1 Å². The van der Waals surface area contributed by atoms with Gasteiger partial charge in [-0.25, -0.2) is 4.79 Å². The summed E-state index contributed by atoms with van der Waals surface area (Å²) in [5.41, 5.74) is 2.71. The van der Waals surface area contributed by atoms with Crippen LogP contribution in [0.15, 0.2) is 48.5 Å². The zero-order chi connectivity index (χ0) is 13.8. The van der Waals surface area contributed by atoms with E-state index in [4.69, 9.17) is 0 Å². The molecule has 0 aliphatic rings. The average molecular weight is 254 g/mol. The largest absolute Gasteiger partial charge is 0.508 e. The minimum Gasteiger partial charge on any atom is -0.508 e. The van der Waals surface area contributed by atoms with Crippen molar-refractivity contribution >= 4 is 17.6 Å². The van der Waals surface area contributed by atoms with E-state index in [1.165, 1.54) is 12.1 Å². The van der Waals surface area contributed by atoms with Crippen LogP contribution in [-0.2, 0) is 4.79 Å². The van der Waals surface area contributed by atoms with Crippen LogP contribution in [0.4, 0.5) is 0 Å². The number of aryl methyl sites for hydroxylation is 1. The number of carbonyl (C=O) groups is 1. The molecule has 0 aliphatic heterocycles. The van der Waals surface area contributed by atoms with Crippen LogP contribution >= 0.6 is 0 Å². The molecule has 0 bridgehead atoms. The number of carboxylic acids is 1. The van der Waals surface area contributed by atoms with Gasteiger partial charge in [-0.3, -0.25) is 0 Å². The Morgan fingerprint density at radius 2 is 1.58 bits per heavy atom. The maximum atomic E-state index is 11.3. The first-order valence-corrected chi connectivity index (χ1v) is 5.87. The second kappa shape index (κ2) is 5.40. The summed E-state index contributed by atoms with van der Waals surface area (Å²) in [4.78, 5) is 11.3. The Labute approximate surface area is 111 Å². The van der Waals surface area contributed by atoms with Gasteiger partial charge in [0.25, 0.3) is 0 Å². The Kier molecular flexibility index (Phi) is 3.66. The van der Waals surface area contributed by atoms with E-state index in [2.05, 4.69) is 0 Å². The van der Waals surface area contributed by atoms with Crippen LogP contribution in [0.3, 0.4) is 0 Å². The fourth-order valence-corrected chi connectivity index (χ4v) is 1.74.